The molecule has 0 aliphatic rings. The Bertz CT molecular complexity index is 494. The van der Waals surface area contributed by atoms with Gasteiger partial charge in [-0.25, -0.2) is 26.0 Å². The van der Waals surface area contributed by atoms with Crippen molar-refractivity contribution >= 4 is 26.0 Å². The van der Waals surface area contributed by atoms with E-state index in [2.05, 4.69) is 11.3 Å². The summed E-state index contributed by atoms with van der Waals surface area (Å²) in [6, 6.07) is -1.85. The highest BCUT2D eigenvalue weighted by Crippen LogP contribution is 1.95. The summed E-state index contributed by atoms with van der Waals surface area (Å²) in [7, 11) is -8.76. The second-order valence-corrected chi connectivity index (χ2v) is 6.79. The second-order valence-electron chi connectivity index (χ2n) is 3.04. The molecule has 0 rings (SSSR count). The lowest BCUT2D eigenvalue weighted by atomic mass is 10.4. The molecular formula is C7H12FNO6S2. The van der Waals surface area contributed by atoms with Gasteiger partial charge >= 0.3 is 5.97 Å². The molecule has 0 aromatic heterocycles. The molecule has 0 atom stereocenters. The molecule has 1 N–H and O–H groups in total. The summed E-state index contributed by atoms with van der Waals surface area (Å²) in [4.78, 5) is 10.9. The Hall–Kier alpha value is -1.00. The van der Waals surface area contributed by atoms with Crippen LogP contribution in [0, 0.1) is 0 Å². The molecule has 0 heterocycles. The van der Waals surface area contributed by atoms with Crippen molar-refractivity contribution in [2.24, 2.45) is 0 Å². The number of rotatable bonds is 7. The van der Waals surface area contributed by atoms with Crippen molar-refractivity contribution in [2.45, 2.75) is 6.92 Å². The molecule has 0 saturated heterocycles. The Morgan fingerprint density at radius 2 is 1.82 bits per heavy atom. The zero-order chi connectivity index (χ0) is 13.7. The lowest BCUT2D eigenvalue weighted by Crippen LogP contribution is -2.34. The maximum atomic E-state index is 11.8. The fourth-order valence-corrected chi connectivity index (χ4v) is 2.99. The van der Waals surface area contributed by atoms with Gasteiger partial charge in [-0.3, -0.25) is 0 Å². The first kappa shape index (κ1) is 16.0. The molecule has 0 aromatic rings. The van der Waals surface area contributed by atoms with Crippen molar-refractivity contribution in [3.05, 3.63) is 12.2 Å². The zero-order valence-corrected chi connectivity index (χ0v) is 10.6. The molecule has 0 spiro atoms. The first-order valence-corrected chi connectivity index (χ1v) is 7.52. The molecule has 0 aliphatic carbocycles. The number of halogens is 1. The van der Waals surface area contributed by atoms with E-state index in [4.69, 9.17) is 0 Å². The van der Waals surface area contributed by atoms with Gasteiger partial charge in [0.2, 0.25) is 16.0 Å². The molecule has 0 aromatic carbocycles. The summed E-state index contributed by atoms with van der Waals surface area (Å²) in [5.74, 6) is -1.58. The predicted octanol–water partition coefficient (Wildman–Crippen LogP) is -0.718. The van der Waals surface area contributed by atoms with E-state index in [0.717, 1.165) is 4.13 Å². The molecule has 7 nitrogen and oxygen atoms in total. The average Bonchev–Trinajstić information content (AvgIpc) is 2.15. The lowest BCUT2D eigenvalue weighted by molar-refractivity contribution is -0.138. The predicted molar refractivity (Wildman–Crippen MR) is 57.6 cm³/mol. The van der Waals surface area contributed by atoms with Crippen molar-refractivity contribution in [3.63, 3.8) is 0 Å². The number of ether oxygens (including phenoxy) is 1. The summed E-state index contributed by atoms with van der Waals surface area (Å²) in [6.45, 7) is 4.07. The van der Waals surface area contributed by atoms with E-state index in [0.29, 0.717) is 0 Å². The maximum absolute atomic E-state index is 11.8. The number of alkyl halides is 1. The molecule has 10 heteroatoms. The van der Waals surface area contributed by atoms with Gasteiger partial charge in [-0.05, 0) is 6.92 Å². The van der Waals surface area contributed by atoms with E-state index < -0.39 is 44.4 Å². The Balaban J connectivity index is 4.31. The van der Waals surface area contributed by atoms with Crippen molar-refractivity contribution in [3.8, 4) is 0 Å². The van der Waals surface area contributed by atoms with Crippen molar-refractivity contribution in [1.82, 2.24) is 4.13 Å². The number of hydrogen-bond donors (Lipinski definition) is 1. The second kappa shape index (κ2) is 6.07. The third kappa shape index (κ3) is 7.02. The first-order chi connectivity index (χ1) is 7.59. The van der Waals surface area contributed by atoms with E-state index in [9.17, 15) is 26.0 Å². The summed E-state index contributed by atoms with van der Waals surface area (Å²) in [5, 5.41) is 0. The van der Waals surface area contributed by atoms with Crippen LogP contribution in [-0.2, 0) is 29.6 Å². The molecule has 0 aliphatic heterocycles. The van der Waals surface area contributed by atoms with Gasteiger partial charge in [0.25, 0.3) is 10.0 Å². The standard InChI is InChI=1S/C7H12FNO6S2/c1-6(2)7(10)15-3-4-16(11,12)9-17(13,14)5-8/h9H,1,3-5H2,2H3. The van der Waals surface area contributed by atoms with Gasteiger partial charge in [0, 0.05) is 5.57 Å². The summed E-state index contributed by atoms with van der Waals surface area (Å²) < 4.78 is 60.9. The van der Waals surface area contributed by atoms with Gasteiger partial charge in [-0.2, -0.15) is 0 Å². The minimum atomic E-state index is -4.51. The topological polar surface area (TPSA) is 107 Å². The number of esters is 1. The zero-order valence-electron chi connectivity index (χ0n) is 8.97. The highest BCUT2D eigenvalue weighted by molar-refractivity contribution is 8.04. The number of nitrogens with one attached hydrogen (secondary N) is 1. The van der Waals surface area contributed by atoms with Crippen LogP contribution in [0.3, 0.4) is 0 Å². The van der Waals surface area contributed by atoms with Crippen LogP contribution in [0.1, 0.15) is 6.92 Å². The monoisotopic (exact) mass is 289 g/mol. The fraction of sp³-hybridized carbons (Fsp3) is 0.571. The van der Waals surface area contributed by atoms with Gasteiger partial charge in [-0.1, -0.05) is 6.58 Å². The summed E-state index contributed by atoms with van der Waals surface area (Å²) >= 11 is 0. The molecule has 0 amide bonds. The molecule has 0 bridgehead atoms. The highest BCUT2D eigenvalue weighted by atomic mass is 32.3. The lowest BCUT2D eigenvalue weighted by Gasteiger charge is -2.06. The molecule has 0 unspecified atom stereocenters. The van der Waals surface area contributed by atoms with Crippen LogP contribution in [0.2, 0.25) is 0 Å². The summed E-state index contributed by atoms with van der Waals surface area (Å²) in [6.07, 6.45) is 0. The van der Waals surface area contributed by atoms with E-state index in [1.165, 1.54) is 6.92 Å². The molecular weight excluding hydrogens is 277 g/mol. The van der Waals surface area contributed by atoms with Crippen LogP contribution >= 0.6 is 0 Å². The van der Waals surface area contributed by atoms with Crippen molar-refractivity contribution < 1.29 is 30.8 Å². The maximum Gasteiger partial charge on any atom is 0.333 e. The molecule has 0 radical (unpaired) electrons. The van der Waals surface area contributed by atoms with Crippen LogP contribution < -0.4 is 4.13 Å². The van der Waals surface area contributed by atoms with E-state index in [1.807, 2.05) is 0 Å². The Morgan fingerprint density at radius 1 is 1.29 bits per heavy atom. The van der Waals surface area contributed by atoms with Crippen molar-refractivity contribution in [1.29, 1.82) is 0 Å². The average molecular weight is 289 g/mol. The fourth-order valence-electron chi connectivity index (χ4n) is 0.625. The summed E-state index contributed by atoms with van der Waals surface area (Å²) in [5.41, 5.74) is 0.0757. The molecule has 17 heavy (non-hydrogen) atoms. The third-order valence-electron chi connectivity index (χ3n) is 1.33. The van der Waals surface area contributed by atoms with E-state index in [-0.39, 0.29) is 5.57 Å². The highest BCUT2D eigenvalue weighted by Gasteiger charge is 2.20. The van der Waals surface area contributed by atoms with Gasteiger partial charge in [0.15, 0.2) is 0 Å². The van der Waals surface area contributed by atoms with E-state index >= 15 is 0 Å². The van der Waals surface area contributed by atoms with Crippen LogP contribution in [0.5, 0.6) is 0 Å². The molecule has 0 saturated carbocycles. The third-order valence-corrected chi connectivity index (χ3v) is 4.35. The van der Waals surface area contributed by atoms with Crippen LogP contribution in [0.25, 0.3) is 0 Å². The number of carbonyl (C=O) groups excluding carboxylic acids is 1. The van der Waals surface area contributed by atoms with Crippen LogP contribution in [0.4, 0.5) is 4.39 Å². The normalized spacial score (nSPS) is 12.1. The smallest absolute Gasteiger partial charge is 0.333 e. The van der Waals surface area contributed by atoms with Gasteiger partial charge in [0.05, 0.1) is 5.75 Å². The Morgan fingerprint density at radius 3 is 2.24 bits per heavy atom. The van der Waals surface area contributed by atoms with E-state index in [1.54, 1.807) is 0 Å². The quantitative estimate of drug-likeness (QED) is 0.490. The van der Waals surface area contributed by atoms with Gasteiger partial charge in [0.1, 0.15) is 6.61 Å². The molecule has 100 valence electrons. The van der Waals surface area contributed by atoms with Crippen LogP contribution in [0.15, 0.2) is 12.2 Å². The van der Waals surface area contributed by atoms with Crippen LogP contribution in [-0.4, -0.2) is 41.2 Å². The Labute approximate surface area is 98.8 Å². The van der Waals surface area contributed by atoms with Gasteiger partial charge < -0.3 is 4.74 Å². The van der Waals surface area contributed by atoms with Gasteiger partial charge in [-0.15, -0.1) is 4.13 Å². The minimum Gasteiger partial charge on any atom is -0.461 e. The largest absolute Gasteiger partial charge is 0.461 e. The SMILES string of the molecule is C=C(C)C(=O)OCCS(=O)(=O)NS(=O)(=O)CF. The Kier molecular flexibility index (Phi) is 5.72. The molecule has 0 fully saturated rings. The minimum absolute atomic E-state index is 0.0757. The first-order valence-electron chi connectivity index (χ1n) is 4.22. The number of carbonyl (C=O) groups is 1. The number of sulfonamides is 2. The number of hydrogen-bond acceptors (Lipinski definition) is 6. The van der Waals surface area contributed by atoms with Crippen molar-refractivity contribution in [2.75, 3.05) is 18.4 Å².